The number of thiophene rings is 1. The molecule has 1 aromatic heterocycles. The largest absolute Gasteiger partial charge is 0.462 e. The number of benzene rings is 1. The number of carbonyl (C=O) groups excluding carboxylic acids is 1. The van der Waals surface area contributed by atoms with E-state index in [4.69, 9.17) is 17.0 Å². The normalized spacial score (nSPS) is 10.3. The van der Waals surface area contributed by atoms with Crippen molar-refractivity contribution in [1.29, 1.82) is 0 Å². The highest BCUT2D eigenvalue weighted by Crippen LogP contribution is 2.27. The molecule has 4 nitrogen and oxygen atoms in total. The molecule has 0 aliphatic rings. The van der Waals surface area contributed by atoms with Gasteiger partial charge < -0.3 is 15.4 Å². The molecule has 2 aromatic rings. The molecule has 0 saturated heterocycles. The molecular formula is C16H17FN2O2S2. The van der Waals surface area contributed by atoms with Crippen molar-refractivity contribution >= 4 is 45.3 Å². The minimum Gasteiger partial charge on any atom is -0.462 e. The zero-order valence-electron chi connectivity index (χ0n) is 13.0. The third-order valence-electron chi connectivity index (χ3n) is 3.05. The lowest BCUT2D eigenvalue weighted by Crippen LogP contribution is -2.18. The van der Waals surface area contributed by atoms with Crippen LogP contribution < -0.4 is 10.6 Å². The lowest BCUT2D eigenvalue weighted by molar-refractivity contribution is 0.0531. The Morgan fingerprint density at radius 3 is 2.65 bits per heavy atom. The van der Waals surface area contributed by atoms with Crippen LogP contribution in [0.5, 0.6) is 0 Å². The Kier molecular flexibility index (Phi) is 5.68. The van der Waals surface area contributed by atoms with Crippen LogP contribution in [0.15, 0.2) is 24.3 Å². The fourth-order valence-corrected chi connectivity index (χ4v) is 3.15. The first kappa shape index (κ1) is 17.4. The van der Waals surface area contributed by atoms with Gasteiger partial charge in [0.05, 0.1) is 11.6 Å². The van der Waals surface area contributed by atoms with E-state index in [1.54, 1.807) is 26.0 Å². The van der Waals surface area contributed by atoms with Gasteiger partial charge in [-0.1, -0.05) is 6.07 Å². The first-order chi connectivity index (χ1) is 10.9. The van der Waals surface area contributed by atoms with Crippen LogP contribution in [0.3, 0.4) is 0 Å². The minimum absolute atomic E-state index is 0.297. The van der Waals surface area contributed by atoms with Crippen molar-refractivity contribution < 1.29 is 13.9 Å². The van der Waals surface area contributed by atoms with E-state index in [-0.39, 0.29) is 11.8 Å². The minimum atomic E-state index is -0.345. The van der Waals surface area contributed by atoms with Gasteiger partial charge in [-0.2, -0.15) is 0 Å². The van der Waals surface area contributed by atoms with Gasteiger partial charge >= 0.3 is 5.97 Å². The fourth-order valence-electron chi connectivity index (χ4n) is 1.89. The molecule has 0 fully saturated rings. The predicted molar refractivity (Wildman–Crippen MR) is 96.0 cm³/mol. The molecule has 0 saturated carbocycles. The molecule has 1 aromatic carbocycles. The smallest absolute Gasteiger partial charge is 0.348 e. The van der Waals surface area contributed by atoms with Crippen LogP contribution in [0.2, 0.25) is 0 Å². The first-order valence-electron chi connectivity index (χ1n) is 7.02. The average Bonchev–Trinajstić information content (AvgIpc) is 2.83. The summed E-state index contributed by atoms with van der Waals surface area (Å²) in [5.74, 6) is -0.642. The second-order valence-corrected chi connectivity index (χ2v) is 6.35. The number of hydrogen-bond donors (Lipinski definition) is 2. The summed E-state index contributed by atoms with van der Waals surface area (Å²) in [6.07, 6.45) is 0. The second kappa shape index (κ2) is 7.52. The molecular weight excluding hydrogens is 335 g/mol. The Morgan fingerprint density at radius 1 is 1.26 bits per heavy atom. The molecule has 0 radical (unpaired) electrons. The second-order valence-electron chi connectivity index (χ2n) is 4.89. The highest BCUT2D eigenvalue weighted by atomic mass is 32.1. The number of aryl methyl sites for hydroxylation is 2. The number of hydrogen-bond acceptors (Lipinski definition) is 4. The van der Waals surface area contributed by atoms with Gasteiger partial charge in [0, 0.05) is 5.69 Å². The molecule has 7 heteroatoms. The van der Waals surface area contributed by atoms with Crippen LogP contribution >= 0.6 is 23.6 Å². The molecule has 0 bridgehead atoms. The number of carbonyl (C=O) groups is 1. The summed E-state index contributed by atoms with van der Waals surface area (Å²) in [5.41, 5.74) is 1.95. The summed E-state index contributed by atoms with van der Waals surface area (Å²) in [4.78, 5) is 12.3. The van der Waals surface area contributed by atoms with E-state index in [0.717, 1.165) is 10.6 Å². The Hall–Kier alpha value is -1.99. The van der Waals surface area contributed by atoms with Crippen molar-refractivity contribution in [3.63, 3.8) is 0 Å². The molecule has 0 atom stereocenters. The van der Waals surface area contributed by atoms with Gasteiger partial charge in [-0.3, -0.25) is 0 Å². The van der Waals surface area contributed by atoms with Crippen LogP contribution in [-0.2, 0) is 4.74 Å². The van der Waals surface area contributed by atoms with E-state index in [0.29, 0.717) is 27.8 Å². The molecule has 2 N–H and O–H groups in total. The number of thiocarbonyl (C=S) groups is 1. The summed E-state index contributed by atoms with van der Waals surface area (Å²) in [5, 5.41) is 6.95. The number of ether oxygens (including phenoxy) is 1. The van der Waals surface area contributed by atoms with Gasteiger partial charge in [-0.05, 0) is 62.3 Å². The van der Waals surface area contributed by atoms with Crippen molar-refractivity contribution in [2.75, 3.05) is 17.2 Å². The van der Waals surface area contributed by atoms with Crippen molar-refractivity contribution in [3.05, 3.63) is 46.1 Å². The van der Waals surface area contributed by atoms with E-state index >= 15 is 0 Å². The van der Waals surface area contributed by atoms with Crippen molar-refractivity contribution in [3.8, 4) is 0 Å². The van der Waals surface area contributed by atoms with E-state index in [9.17, 15) is 9.18 Å². The summed E-state index contributed by atoms with van der Waals surface area (Å²) in [6.45, 7) is 5.62. The van der Waals surface area contributed by atoms with Gasteiger partial charge in [0.2, 0.25) is 0 Å². The van der Waals surface area contributed by atoms with Gasteiger partial charge in [-0.25, -0.2) is 9.18 Å². The summed E-state index contributed by atoms with van der Waals surface area (Å²) < 4.78 is 18.5. The maximum atomic E-state index is 13.5. The molecule has 1 heterocycles. The van der Waals surface area contributed by atoms with Gasteiger partial charge in [0.25, 0.3) is 0 Å². The molecule has 0 unspecified atom stereocenters. The zero-order valence-corrected chi connectivity index (χ0v) is 14.7. The summed E-state index contributed by atoms with van der Waals surface area (Å²) in [6, 6.07) is 6.62. The summed E-state index contributed by atoms with van der Waals surface area (Å²) >= 11 is 6.47. The van der Waals surface area contributed by atoms with Crippen LogP contribution in [0.4, 0.5) is 15.1 Å². The summed E-state index contributed by atoms with van der Waals surface area (Å²) in [7, 11) is 0. The molecule has 2 rings (SSSR count). The highest BCUT2D eigenvalue weighted by Gasteiger charge is 2.15. The predicted octanol–water partition coefficient (Wildman–Crippen LogP) is 4.49. The number of rotatable bonds is 4. The molecule has 0 aliphatic carbocycles. The van der Waals surface area contributed by atoms with Crippen molar-refractivity contribution in [1.82, 2.24) is 0 Å². The van der Waals surface area contributed by atoms with Gasteiger partial charge in [0.15, 0.2) is 5.11 Å². The van der Waals surface area contributed by atoms with E-state index < -0.39 is 0 Å². The topological polar surface area (TPSA) is 50.4 Å². The fraction of sp³-hybridized carbons (Fsp3) is 0.250. The van der Waals surface area contributed by atoms with Gasteiger partial charge in [-0.15, -0.1) is 11.3 Å². The van der Waals surface area contributed by atoms with E-state index in [1.165, 1.54) is 17.4 Å². The first-order valence-corrected chi connectivity index (χ1v) is 8.25. The monoisotopic (exact) mass is 352 g/mol. The van der Waals surface area contributed by atoms with Crippen LogP contribution in [0.25, 0.3) is 0 Å². The quantitative estimate of drug-likeness (QED) is 0.627. The Morgan fingerprint density at radius 2 is 2.00 bits per heavy atom. The standard InChI is InChI=1S/C16H17FN2O2S2/c1-4-21-15(20)14-10(3)7-13(23-14)19-16(22)18-11-6-5-9(2)12(17)8-11/h5-8H,4H2,1-3H3,(H2,18,19,22). The molecule has 23 heavy (non-hydrogen) atoms. The average molecular weight is 352 g/mol. The Balaban J connectivity index is 2.04. The van der Waals surface area contributed by atoms with Crippen molar-refractivity contribution in [2.24, 2.45) is 0 Å². The Labute approximate surface area is 143 Å². The Bertz CT molecular complexity index is 744. The number of esters is 1. The maximum Gasteiger partial charge on any atom is 0.348 e. The highest BCUT2D eigenvalue weighted by molar-refractivity contribution is 7.80. The van der Waals surface area contributed by atoms with Crippen LogP contribution in [0, 0.1) is 19.7 Å². The van der Waals surface area contributed by atoms with E-state index in [1.807, 2.05) is 13.0 Å². The lowest BCUT2D eigenvalue weighted by Gasteiger charge is -2.09. The molecule has 0 aliphatic heterocycles. The zero-order chi connectivity index (χ0) is 17.0. The lowest BCUT2D eigenvalue weighted by atomic mass is 10.2. The number of halogens is 1. The van der Waals surface area contributed by atoms with Crippen LogP contribution in [-0.4, -0.2) is 17.7 Å². The maximum absolute atomic E-state index is 13.5. The SMILES string of the molecule is CCOC(=O)c1sc(NC(=S)Nc2ccc(C)c(F)c2)cc1C. The van der Waals surface area contributed by atoms with Gasteiger partial charge in [0.1, 0.15) is 10.7 Å². The number of nitrogens with one attached hydrogen (secondary N) is 2. The third kappa shape index (κ3) is 4.49. The third-order valence-corrected chi connectivity index (χ3v) is 4.38. The molecule has 122 valence electrons. The van der Waals surface area contributed by atoms with E-state index in [2.05, 4.69) is 10.6 Å². The van der Waals surface area contributed by atoms with Crippen LogP contribution in [0.1, 0.15) is 27.7 Å². The number of anilines is 2. The molecule has 0 amide bonds. The molecule has 0 spiro atoms. The van der Waals surface area contributed by atoms with Crippen molar-refractivity contribution in [2.45, 2.75) is 20.8 Å².